The van der Waals surface area contributed by atoms with Crippen molar-refractivity contribution < 1.29 is 37.3 Å². The highest BCUT2D eigenvalue weighted by Gasteiger charge is 2.40. The Morgan fingerprint density at radius 2 is 2.06 bits per heavy atom. The molecule has 1 amide bonds. The number of carboxylic acids is 1. The zero-order valence-corrected chi connectivity index (χ0v) is 9.44. The highest BCUT2D eigenvalue weighted by molar-refractivity contribution is 5.74. The maximum absolute atomic E-state index is 11.8. The van der Waals surface area contributed by atoms with E-state index in [4.69, 9.17) is 9.84 Å². The summed E-state index contributed by atoms with van der Waals surface area (Å²) in [6.07, 6.45) is -5.84. The van der Waals surface area contributed by atoms with E-state index in [0.29, 0.717) is 0 Å². The summed E-state index contributed by atoms with van der Waals surface area (Å²) in [5, 5.41) is 8.83. The number of alkyl halides is 3. The number of hydrogen-bond acceptors (Lipinski definition) is 4. The van der Waals surface area contributed by atoms with Crippen LogP contribution in [0.2, 0.25) is 0 Å². The van der Waals surface area contributed by atoms with Crippen LogP contribution < -0.4 is 0 Å². The molecule has 1 aliphatic heterocycles. The Hall–Kier alpha value is -1.51. The van der Waals surface area contributed by atoms with Gasteiger partial charge in [-0.25, -0.2) is 4.79 Å². The van der Waals surface area contributed by atoms with Crippen LogP contribution in [-0.4, -0.2) is 61.2 Å². The fourth-order valence-electron chi connectivity index (χ4n) is 1.54. The lowest BCUT2D eigenvalue weighted by molar-refractivity contribution is -0.163. The van der Waals surface area contributed by atoms with Gasteiger partial charge in [0.25, 0.3) is 0 Å². The Morgan fingerprint density at radius 1 is 1.44 bits per heavy atom. The maximum Gasteiger partial charge on any atom is 0.422 e. The molecule has 6 nitrogen and oxygen atoms in total. The third kappa shape index (κ3) is 3.76. The van der Waals surface area contributed by atoms with Crippen molar-refractivity contribution >= 4 is 12.1 Å². The second-order valence-electron chi connectivity index (χ2n) is 3.83. The molecule has 1 heterocycles. The lowest BCUT2D eigenvalue weighted by atomic mass is 10.0. The Morgan fingerprint density at radius 3 is 2.56 bits per heavy atom. The van der Waals surface area contributed by atoms with Gasteiger partial charge in [0.1, 0.15) is 5.92 Å². The first-order chi connectivity index (χ1) is 8.22. The van der Waals surface area contributed by atoms with Crippen molar-refractivity contribution in [3.63, 3.8) is 0 Å². The molecule has 1 N–H and O–H groups in total. The highest BCUT2D eigenvalue weighted by Crippen LogP contribution is 2.21. The molecule has 104 valence electrons. The van der Waals surface area contributed by atoms with Crippen molar-refractivity contribution in [1.82, 2.24) is 4.90 Å². The molecule has 2 atom stereocenters. The second-order valence-corrected chi connectivity index (χ2v) is 3.83. The van der Waals surface area contributed by atoms with Crippen LogP contribution in [0, 0.1) is 5.92 Å². The number of carbonyl (C=O) groups excluding carboxylic acids is 1. The van der Waals surface area contributed by atoms with Gasteiger partial charge in [0.15, 0.2) is 6.61 Å². The number of halogens is 3. The van der Waals surface area contributed by atoms with E-state index in [1.807, 2.05) is 0 Å². The average Bonchev–Trinajstić information content (AvgIpc) is 2.72. The number of ether oxygens (including phenoxy) is 2. The number of likely N-dealkylation sites (N-methyl/N-ethyl adjacent to an activating group) is 1. The SMILES string of the molecule is CN(C(=O)OCC(F)(F)F)C1COCC1C(=O)O. The molecule has 0 aromatic carbocycles. The summed E-state index contributed by atoms with van der Waals surface area (Å²) in [4.78, 5) is 22.9. The molecule has 0 bridgehead atoms. The zero-order chi connectivity index (χ0) is 13.9. The molecule has 1 fully saturated rings. The van der Waals surface area contributed by atoms with Crippen LogP contribution in [0.3, 0.4) is 0 Å². The van der Waals surface area contributed by atoms with Crippen LogP contribution in [0.1, 0.15) is 0 Å². The standard InChI is InChI=1S/C9H12F3NO5/c1-13(8(16)18-4-9(10,11)12)6-3-17-2-5(6)7(14)15/h5-6H,2-4H2,1H3,(H,14,15). The summed E-state index contributed by atoms with van der Waals surface area (Å²) < 4.78 is 44.5. The summed E-state index contributed by atoms with van der Waals surface area (Å²) in [6.45, 7) is -1.84. The molecule has 0 aromatic heterocycles. The van der Waals surface area contributed by atoms with Crippen LogP contribution in [-0.2, 0) is 14.3 Å². The van der Waals surface area contributed by atoms with Crippen LogP contribution in [0.15, 0.2) is 0 Å². The molecule has 18 heavy (non-hydrogen) atoms. The fourth-order valence-corrected chi connectivity index (χ4v) is 1.54. The molecule has 1 saturated heterocycles. The first-order valence-electron chi connectivity index (χ1n) is 4.99. The van der Waals surface area contributed by atoms with Crippen molar-refractivity contribution in [3.05, 3.63) is 0 Å². The quantitative estimate of drug-likeness (QED) is 0.818. The predicted molar refractivity (Wildman–Crippen MR) is 50.9 cm³/mol. The number of carbonyl (C=O) groups is 2. The molecule has 0 spiro atoms. The van der Waals surface area contributed by atoms with Crippen molar-refractivity contribution in [2.24, 2.45) is 5.92 Å². The van der Waals surface area contributed by atoms with Crippen LogP contribution >= 0.6 is 0 Å². The number of amides is 1. The van der Waals surface area contributed by atoms with Crippen LogP contribution in [0.5, 0.6) is 0 Å². The van der Waals surface area contributed by atoms with Gasteiger partial charge in [0.2, 0.25) is 0 Å². The third-order valence-electron chi connectivity index (χ3n) is 2.51. The summed E-state index contributed by atoms with van der Waals surface area (Å²) >= 11 is 0. The fraction of sp³-hybridized carbons (Fsp3) is 0.778. The van der Waals surface area contributed by atoms with Gasteiger partial charge in [0, 0.05) is 7.05 Å². The van der Waals surface area contributed by atoms with Gasteiger partial charge in [0.05, 0.1) is 19.3 Å². The smallest absolute Gasteiger partial charge is 0.422 e. The van der Waals surface area contributed by atoms with Crippen LogP contribution in [0.25, 0.3) is 0 Å². The van der Waals surface area contributed by atoms with Crippen molar-refractivity contribution in [2.45, 2.75) is 12.2 Å². The molecule has 9 heteroatoms. The Kier molecular flexibility index (Phi) is 4.38. The number of aliphatic carboxylic acids is 1. The second kappa shape index (κ2) is 5.42. The van der Waals surface area contributed by atoms with E-state index in [1.165, 1.54) is 7.05 Å². The van der Waals surface area contributed by atoms with E-state index in [-0.39, 0.29) is 13.2 Å². The van der Waals surface area contributed by atoms with Gasteiger partial charge in [-0.2, -0.15) is 13.2 Å². The molecule has 0 radical (unpaired) electrons. The topological polar surface area (TPSA) is 76.1 Å². The minimum absolute atomic E-state index is 0.0470. The van der Waals surface area contributed by atoms with Crippen molar-refractivity contribution in [1.29, 1.82) is 0 Å². The Balaban J connectivity index is 2.55. The Labute approximate surface area is 100 Å². The minimum atomic E-state index is -4.62. The van der Waals surface area contributed by atoms with E-state index < -0.39 is 36.8 Å². The number of hydrogen-bond donors (Lipinski definition) is 1. The van der Waals surface area contributed by atoms with E-state index in [9.17, 15) is 22.8 Å². The van der Waals surface area contributed by atoms with Crippen LogP contribution in [0.4, 0.5) is 18.0 Å². The van der Waals surface area contributed by atoms with Crippen molar-refractivity contribution in [3.8, 4) is 0 Å². The van der Waals surface area contributed by atoms with Gasteiger partial charge in [-0.1, -0.05) is 0 Å². The maximum atomic E-state index is 11.8. The zero-order valence-electron chi connectivity index (χ0n) is 9.44. The summed E-state index contributed by atoms with van der Waals surface area (Å²) in [5.74, 6) is -2.14. The highest BCUT2D eigenvalue weighted by atomic mass is 19.4. The van der Waals surface area contributed by atoms with Gasteiger partial charge in [-0.15, -0.1) is 0 Å². The predicted octanol–water partition coefficient (Wildman–Crippen LogP) is 0.717. The number of nitrogens with zero attached hydrogens (tertiary/aromatic N) is 1. The van der Waals surface area contributed by atoms with Gasteiger partial charge in [-0.3, -0.25) is 4.79 Å². The molecule has 0 aliphatic carbocycles. The molecule has 1 aliphatic rings. The summed E-state index contributed by atoms with van der Waals surface area (Å²) in [5.41, 5.74) is 0. The monoisotopic (exact) mass is 271 g/mol. The van der Waals surface area contributed by atoms with E-state index >= 15 is 0 Å². The lowest BCUT2D eigenvalue weighted by Crippen LogP contribution is -2.45. The summed E-state index contributed by atoms with van der Waals surface area (Å²) in [7, 11) is 1.17. The van der Waals surface area contributed by atoms with Gasteiger partial charge >= 0.3 is 18.2 Å². The molecule has 0 saturated carbocycles. The van der Waals surface area contributed by atoms with Gasteiger partial charge < -0.3 is 19.5 Å². The van der Waals surface area contributed by atoms with E-state index in [2.05, 4.69) is 4.74 Å². The van der Waals surface area contributed by atoms with E-state index in [0.717, 1.165) is 4.90 Å². The minimum Gasteiger partial charge on any atom is -0.481 e. The molecular formula is C9H12F3NO5. The number of carboxylic acid groups (broad SMARTS) is 1. The lowest BCUT2D eigenvalue weighted by Gasteiger charge is -2.25. The average molecular weight is 271 g/mol. The molecule has 1 rings (SSSR count). The van der Waals surface area contributed by atoms with Crippen molar-refractivity contribution in [2.75, 3.05) is 26.9 Å². The first kappa shape index (κ1) is 14.6. The molecule has 2 unspecified atom stereocenters. The normalized spacial score (nSPS) is 23.8. The van der Waals surface area contributed by atoms with E-state index in [1.54, 1.807) is 0 Å². The first-order valence-corrected chi connectivity index (χ1v) is 4.99. The molecule has 0 aromatic rings. The molecular weight excluding hydrogens is 259 g/mol. The Bertz CT molecular complexity index is 333. The van der Waals surface area contributed by atoms with Gasteiger partial charge in [-0.05, 0) is 0 Å². The largest absolute Gasteiger partial charge is 0.481 e. The summed E-state index contributed by atoms with van der Waals surface area (Å²) in [6, 6.07) is -0.830. The number of rotatable bonds is 3. The third-order valence-corrected chi connectivity index (χ3v) is 2.51.